The van der Waals surface area contributed by atoms with Gasteiger partial charge >= 0.3 is 0 Å². The monoisotopic (exact) mass is 230 g/mol. The Hall–Kier alpha value is -2.15. The maximum absolute atomic E-state index is 12.0. The first kappa shape index (κ1) is 11.3. The van der Waals surface area contributed by atoms with Gasteiger partial charge in [-0.1, -0.05) is 18.1 Å². The van der Waals surface area contributed by atoms with Crippen molar-refractivity contribution < 1.29 is 9.53 Å². The molecule has 1 aliphatic rings. The Morgan fingerprint density at radius 3 is 3.18 bits per heavy atom. The minimum absolute atomic E-state index is 0.107. The van der Waals surface area contributed by atoms with Crippen LogP contribution >= 0.6 is 0 Å². The number of carbonyl (C=O) groups is 1. The molecule has 4 heteroatoms. The quantitative estimate of drug-likeness (QED) is 0.769. The minimum atomic E-state index is -0.511. The molecule has 1 amide bonds. The van der Waals surface area contributed by atoms with Gasteiger partial charge in [-0.2, -0.15) is 0 Å². The second kappa shape index (κ2) is 4.79. The number of likely N-dealkylation sites (N-methyl/N-ethyl adjacent to an activating group) is 1. The zero-order valence-electron chi connectivity index (χ0n) is 9.64. The molecule has 1 heterocycles. The highest BCUT2D eigenvalue weighted by molar-refractivity contribution is 5.83. The van der Waals surface area contributed by atoms with Crippen LogP contribution in [0, 0.1) is 12.3 Å². The molecular weight excluding hydrogens is 216 g/mol. The highest BCUT2D eigenvalue weighted by atomic mass is 16.5. The van der Waals surface area contributed by atoms with Crippen LogP contribution in [0.3, 0.4) is 0 Å². The van der Waals surface area contributed by atoms with Crippen molar-refractivity contribution in [2.24, 2.45) is 0 Å². The van der Waals surface area contributed by atoms with Gasteiger partial charge in [0.1, 0.15) is 5.75 Å². The van der Waals surface area contributed by atoms with Crippen molar-refractivity contribution in [3.63, 3.8) is 0 Å². The van der Waals surface area contributed by atoms with Gasteiger partial charge in [-0.25, -0.2) is 0 Å². The lowest BCUT2D eigenvalue weighted by Gasteiger charge is -2.28. The van der Waals surface area contributed by atoms with Crippen LogP contribution in [0.4, 0.5) is 5.69 Å². The summed E-state index contributed by atoms with van der Waals surface area (Å²) in [6.45, 7) is 0.755. The summed E-state index contributed by atoms with van der Waals surface area (Å²) in [5, 5.41) is 3.17. The number of anilines is 1. The van der Waals surface area contributed by atoms with Crippen molar-refractivity contribution in [1.82, 2.24) is 4.90 Å². The number of nitrogens with zero attached hydrogens (tertiary/aromatic N) is 1. The Labute approximate surface area is 101 Å². The topological polar surface area (TPSA) is 41.6 Å². The van der Waals surface area contributed by atoms with Crippen LogP contribution in [0.25, 0.3) is 0 Å². The number of fused-ring (bicyclic) bond motifs is 1. The van der Waals surface area contributed by atoms with Crippen LogP contribution in [0.1, 0.15) is 0 Å². The first-order valence-corrected chi connectivity index (χ1v) is 5.40. The molecule has 0 radical (unpaired) electrons. The lowest BCUT2D eigenvalue weighted by atomic mass is 10.2. The molecule has 4 nitrogen and oxygen atoms in total. The number of terminal acetylenes is 1. The van der Waals surface area contributed by atoms with E-state index in [1.165, 1.54) is 4.90 Å². The summed E-state index contributed by atoms with van der Waals surface area (Å²) < 4.78 is 5.64. The van der Waals surface area contributed by atoms with E-state index in [0.717, 1.165) is 5.69 Å². The number of benzene rings is 1. The molecule has 0 bridgehead atoms. The predicted molar refractivity (Wildman–Crippen MR) is 65.8 cm³/mol. The van der Waals surface area contributed by atoms with E-state index in [0.29, 0.717) is 18.8 Å². The van der Waals surface area contributed by atoms with Crippen LogP contribution in [-0.4, -0.2) is 37.0 Å². The van der Waals surface area contributed by atoms with Crippen LogP contribution in [0.2, 0.25) is 0 Å². The predicted octanol–water partition coefficient (Wildman–Crippen LogP) is 0.951. The number of rotatable bonds is 2. The second-order valence-corrected chi connectivity index (χ2v) is 3.88. The Morgan fingerprint density at radius 1 is 1.65 bits per heavy atom. The number of para-hydroxylation sites is 2. The molecule has 1 aliphatic heterocycles. The lowest BCUT2D eigenvalue weighted by molar-refractivity contribution is -0.136. The normalized spacial score (nSPS) is 17.1. The molecule has 1 atom stereocenters. The molecule has 1 N–H and O–H groups in total. The summed E-state index contributed by atoms with van der Waals surface area (Å²) in [7, 11) is 1.67. The van der Waals surface area contributed by atoms with Crippen LogP contribution < -0.4 is 10.1 Å². The number of carbonyl (C=O) groups excluding carboxylic acids is 1. The second-order valence-electron chi connectivity index (χ2n) is 3.88. The van der Waals surface area contributed by atoms with Crippen molar-refractivity contribution in [2.45, 2.75) is 6.10 Å². The Bertz CT molecular complexity index is 465. The number of amides is 1. The van der Waals surface area contributed by atoms with Crippen molar-refractivity contribution >= 4 is 11.6 Å². The summed E-state index contributed by atoms with van der Waals surface area (Å²) in [4.78, 5) is 13.4. The number of nitrogens with one attached hydrogen (secondary N) is 1. The molecule has 0 fully saturated rings. The minimum Gasteiger partial charge on any atom is -0.477 e. The third-order valence-corrected chi connectivity index (χ3v) is 2.61. The lowest BCUT2D eigenvalue weighted by Crippen LogP contribution is -2.45. The van der Waals surface area contributed by atoms with Crippen molar-refractivity contribution in [1.29, 1.82) is 0 Å². The first-order valence-electron chi connectivity index (χ1n) is 5.40. The van der Waals surface area contributed by atoms with E-state index < -0.39 is 6.10 Å². The van der Waals surface area contributed by atoms with E-state index in [1.807, 2.05) is 24.3 Å². The van der Waals surface area contributed by atoms with Gasteiger partial charge in [0, 0.05) is 7.05 Å². The number of hydrogen-bond acceptors (Lipinski definition) is 3. The fourth-order valence-electron chi connectivity index (χ4n) is 1.71. The highest BCUT2D eigenvalue weighted by Gasteiger charge is 2.27. The molecule has 2 rings (SSSR count). The third-order valence-electron chi connectivity index (χ3n) is 2.61. The van der Waals surface area contributed by atoms with Crippen LogP contribution in [-0.2, 0) is 4.79 Å². The summed E-state index contributed by atoms with van der Waals surface area (Å²) in [5.74, 6) is 3.03. The summed E-state index contributed by atoms with van der Waals surface area (Å²) >= 11 is 0. The zero-order valence-corrected chi connectivity index (χ0v) is 9.64. The van der Waals surface area contributed by atoms with Gasteiger partial charge in [-0.3, -0.25) is 4.79 Å². The van der Waals surface area contributed by atoms with Gasteiger partial charge in [0.05, 0.1) is 18.8 Å². The molecule has 17 heavy (non-hydrogen) atoms. The molecular formula is C13H14N2O2. The molecule has 1 aromatic carbocycles. The van der Waals surface area contributed by atoms with Gasteiger partial charge in [-0.05, 0) is 12.1 Å². The molecule has 88 valence electrons. The van der Waals surface area contributed by atoms with Crippen LogP contribution in [0.5, 0.6) is 5.75 Å². The molecule has 1 aromatic rings. The SMILES string of the molecule is C#CCN(C)C(=O)C1CNc2ccccc2O1. The van der Waals surface area contributed by atoms with E-state index in [2.05, 4.69) is 11.2 Å². The first-order chi connectivity index (χ1) is 8.22. The molecule has 0 saturated carbocycles. The van der Waals surface area contributed by atoms with E-state index in [4.69, 9.17) is 11.2 Å². The van der Waals surface area contributed by atoms with E-state index in [-0.39, 0.29) is 5.91 Å². The molecule has 0 saturated heterocycles. The average Bonchev–Trinajstić information content (AvgIpc) is 2.37. The highest BCUT2D eigenvalue weighted by Crippen LogP contribution is 2.28. The maximum Gasteiger partial charge on any atom is 0.266 e. The average molecular weight is 230 g/mol. The summed E-state index contributed by atoms with van der Waals surface area (Å²) in [6.07, 6.45) is 4.66. The van der Waals surface area contributed by atoms with Gasteiger partial charge in [0.2, 0.25) is 0 Å². The summed E-state index contributed by atoms with van der Waals surface area (Å²) in [6, 6.07) is 7.55. The van der Waals surface area contributed by atoms with Gasteiger partial charge in [0.25, 0.3) is 5.91 Å². The largest absolute Gasteiger partial charge is 0.477 e. The van der Waals surface area contributed by atoms with E-state index >= 15 is 0 Å². The fraction of sp³-hybridized carbons (Fsp3) is 0.308. The number of hydrogen-bond donors (Lipinski definition) is 1. The van der Waals surface area contributed by atoms with Crippen LogP contribution in [0.15, 0.2) is 24.3 Å². The van der Waals surface area contributed by atoms with Crippen molar-refractivity contribution in [3.05, 3.63) is 24.3 Å². The van der Waals surface area contributed by atoms with Gasteiger partial charge < -0.3 is 15.0 Å². The molecule has 0 aromatic heterocycles. The summed E-state index contributed by atoms with van der Waals surface area (Å²) in [5.41, 5.74) is 0.913. The fourth-order valence-corrected chi connectivity index (χ4v) is 1.71. The van der Waals surface area contributed by atoms with E-state index in [9.17, 15) is 4.79 Å². The Balaban J connectivity index is 2.08. The zero-order chi connectivity index (χ0) is 12.3. The molecule has 0 spiro atoms. The molecule has 0 aliphatic carbocycles. The van der Waals surface area contributed by atoms with Gasteiger partial charge in [-0.15, -0.1) is 6.42 Å². The van der Waals surface area contributed by atoms with Crippen molar-refractivity contribution in [2.75, 3.05) is 25.5 Å². The number of ether oxygens (including phenoxy) is 1. The standard InChI is InChI=1S/C13H14N2O2/c1-3-8-15(2)13(16)12-9-14-10-6-4-5-7-11(10)17-12/h1,4-7,12,14H,8-9H2,2H3. The third kappa shape index (κ3) is 2.34. The maximum atomic E-state index is 12.0. The molecule has 1 unspecified atom stereocenters. The van der Waals surface area contributed by atoms with Crippen molar-refractivity contribution in [3.8, 4) is 18.1 Å². The smallest absolute Gasteiger partial charge is 0.266 e. The van der Waals surface area contributed by atoms with Gasteiger partial charge in [0.15, 0.2) is 6.10 Å². The Morgan fingerprint density at radius 2 is 2.41 bits per heavy atom. The Kier molecular flexibility index (Phi) is 3.20. The van der Waals surface area contributed by atoms with E-state index in [1.54, 1.807) is 7.05 Å².